The van der Waals surface area contributed by atoms with Gasteiger partial charge in [-0.1, -0.05) is 0 Å². The van der Waals surface area contributed by atoms with E-state index < -0.39 is 12.8 Å². The number of nitrogens with one attached hydrogen (secondary N) is 2. The molecule has 5 nitrogen and oxygen atoms in total. The van der Waals surface area contributed by atoms with Crippen molar-refractivity contribution in [3.05, 3.63) is 23.9 Å². The van der Waals surface area contributed by atoms with Crippen molar-refractivity contribution in [3.8, 4) is 5.88 Å². The van der Waals surface area contributed by atoms with Crippen molar-refractivity contribution in [2.45, 2.75) is 25.6 Å². The molecule has 0 spiro atoms. The zero-order chi connectivity index (χ0) is 16.0. The number of aliphatic imine (C=N–C) groups is 1. The predicted octanol–water partition coefficient (Wildman–Crippen LogP) is 2.10. The number of alkyl halides is 3. The third kappa shape index (κ3) is 6.19. The largest absolute Gasteiger partial charge is 0.468 e. The summed E-state index contributed by atoms with van der Waals surface area (Å²) in [6.07, 6.45) is -0.462. The van der Waals surface area contributed by atoms with Crippen molar-refractivity contribution in [2.24, 2.45) is 10.9 Å². The highest BCUT2D eigenvalue weighted by Crippen LogP contribution is 2.27. The van der Waals surface area contributed by atoms with Crippen LogP contribution in [0.4, 0.5) is 13.2 Å². The van der Waals surface area contributed by atoms with Crippen molar-refractivity contribution in [1.82, 2.24) is 15.6 Å². The lowest BCUT2D eigenvalue weighted by atomic mass is 10.2. The number of rotatable bonds is 6. The van der Waals surface area contributed by atoms with Crippen LogP contribution in [0.2, 0.25) is 0 Å². The molecule has 0 bridgehead atoms. The number of hydrogen-bond donors (Lipinski definition) is 2. The molecule has 0 atom stereocenters. The summed E-state index contributed by atoms with van der Waals surface area (Å²) in [5, 5.41) is 6.31. The summed E-state index contributed by atoms with van der Waals surface area (Å²) in [4.78, 5) is 7.85. The van der Waals surface area contributed by atoms with E-state index in [1.165, 1.54) is 25.1 Å². The van der Waals surface area contributed by atoms with Gasteiger partial charge in [0.05, 0.1) is 0 Å². The van der Waals surface area contributed by atoms with Crippen LogP contribution in [0.25, 0.3) is 0 Å². The van der Waals surface area contributed by atoms with Gasteiger partial charge < -0.3 is 15.4 Å². The molecule has 0 aliphatic heterocycles. The number of nitrogens with zero attached hydrogens (tertiary/aromatic N) is 2. The average molecular weight is 316 g/mol. The molecule has 22 heavy (non-hydrogen) atoms. The molecule has 0 amide bonds. The maximum Gasteiger partial charge on any atom is 0.422 e. The second kappa shape index (κ2) is 7.33. The number of halogens is 3. The molecular formula is C14H19F3N4O. The van der Waals surface area contributed by atoms with E-state index in [1.807, 2.05) is 0 Å². The van der Waals surface area contributed by atoms with Gasteiger partial charge in [0.2, 0.25) is 5.88 Å². The molecule has 2 N–H and O–H groups in total. The molecule has 0 aromatic carbocycles. The molecule has 1 aliphatic carbocycles. The summed E-state index contributed by atoms with van der Waals surface area (Å²) in [5.41, 5.74) is 0.765. The number of ether oxygens (including phenoxy) is 1. The first-order chi connectivity index (χ1) is 10.5. The van der Waals surface area contributed by atoms with Crippen LogP contribution < -0.4 is 15.4 Å². The average Bonchev–Trinajstić information content (AvgIpc) is 3.29. The molecule has 1 saturated carbocycles. The lowest BCUT2D eigenvalue weighted by molar-refractivity contribution is -0.154. The van der Waals surface area contributed by atoms with Gasteiger partial charge in [-0.3, -0.25) is 4.99 Å². The Balaban J connectivity index is 1.81. The van der Waals surface area contributed by atoms with Gasteiger partial charge in [0, 0.05) is 32.4 Å². The van der Waals surface area contributed by atoms with Crippen LogP contribution in [-0.4, -0.2) is 37.3 Å². The molecule has 0 unspecified atom stereocenters. The molecule has 1 aliphatic rings. The van der Waals surface area contributed by atoms with Gasteiger partial charge in [0.25, 0.3) is 0 Å². The van der Waals surface area contributed by atoms with Crippen molar-refractivity contribution < 1.29 is 17.9 Å². The Morgan fingerprint density at radius 1 is 1.41 bits per heavy atom. The first-order valence-electron chi connectivity index (χ1n) is 7.05. The smallest absolute Gasteiger partial charge is 0.422 e. The first kappa shape index (κ1) is 16.4. The molecule has 8 heteroatoms. The van der Waals surface area contributed by atoms with Gasteiger partial charge >= 0.3 is 6.18 Å². The zero-order valence-corrected chi connectivity index (χ0v) is 12.3. The highest BCUT2D eigenvalue weighted by atomic mass is 19.4. The van der Waals surface area contributed by atoms with Gasteiger partial charge in [-0.25, -0.2) is 4.98 Å². The Hall–Kier alpha value is -1.99. The van der Waals surface area contributed by atoms with E-state index in [0.29, 0.717) is 12.5 Å². The second-order valence-corrected chi connectivity index (χ2v) is 5.16. The molecule has 2 rings (SSSR count). The number of hydrogen-bond acceptors (Lipinski definition) is 3. The Bertz CT molecular complexity index is 515. The Kier molecular flexibility index (Phi) is 5.46. The van der Waals surface area contributed by atoms with E-state index in [-0.39, 0.29) is 5.88 Å². The highest BCUT2D eigenvalue weighted by Gasteiger charge is 2.28. The minimum absolute atomic E-state index is 0.0439. The van der Waals surface area contributed by atoms with E-state index in [1.54, 1.807) is 13.1 Å². The monoisotopic (exact) mass is 316 g/mol. The van der Waals surface area contributed by atoms with Crippen LogP contribution in [-0.2, 0) is 6.54 Å². The third-order valence-electron chi connectivity index (χ3n) is 3.12. The number of guanidine groups is 1. The van der Waals surface area contributed by atoms with Crippen LogP contribution in [0.1, 0.15) is 18.4 Å². The van der Waals surface area contributed by atoms with E-state index >= 15 is 0 Å². The zero-order valence-electron chi connectivity index (χ0n) is 12.3. The minimum Gasteiger partial charge on any atom is -0.468 e. The third-order valence-corrected chi connectivity index (χ3v) is 3.12. The quantitative estimate of drug-likeness (QED) is 0.623. The van der Waals surface area contributed by atoms with Gasteiger partial charge in [-0.2, -0.15) is 13.2 Å². The van der Waals surface area contributed by atoms with E-state index in [0.717, 1.165) is 18.0 Å². The Labute approximate surface area is 127 Å². The maximum atomic E-state index is 12.1. The van der Waals surface area contributed by atoms with E-state index in [4.69, 9.17) is 0 Å². The fourth-order valence-electron chi connectivity index (χ4n) is 1.76. The second-order valence-electron chi connectivity index (χ2n) is 5.16. The van der Waals surface area contributed by atoms with Crippen molar-refractivity contribution in [2.75, 3.05) is 20.2 Å². The topological polar surface area (TPSA) is 58.5 Å². The van der Waals surface area contributed by atoms with Crippen LogP contribution >= 0.6 is 0 Å². The molecule has 0 saturated heterocycles. The lowest BCUT2D eigenvalue weighted by Gasteiger charge is -2.12. The van der Waals surface area contributed by atoms with Crippen molar-refractivity contribution in [3.63, 3.8) is 0 Å². The van der Waals surface area contributed by atoms with E-state index in [2.05, 4.69) is 25.3 Å². The minimum atomic E-state index is -4.37. The molecule has 1 aromatic rings. The normalized spacial score (nSPS) is 15.5. The van der Waals surface area contributed by atoms with Crippen LogP contribution in [0.15, 0.2) is 23.3 Å². The lowest BCUT2D eigenvalue weighted by Crippen LogP contribution is -2.37. The van der Waals surface area contributed by atoms with Gasteiger partial charge in [0.1, 0.15) is 0 Å². The summed E-state index contributed by atoms with van der Waals surface area (Å²) < 4.78 is 40.9. The van der Waals surface area contributed by atoms with Crippen LogP contribution in [0.3, 0.4) is 0 Å². The molecule has 1 fully saturated rings. The molecule has 122 valence electrons. The number of pyridine rings is 1. The van der Waals surface area contributed by atoms with E-state index in [9.17, 15) is 13.2 Å². The molecule has 1 heterocycles. The maximum absolute atomic E-state index is 12.1. The fraction of sp³-hybridized carbons (Fsp3) is 0.571. The molecule has 0 radical (unpaired) electrons. The van der Waals surface area contributed by atoms with Gasteiger partial charge in [-0.05, 0) is 30.4 Å². The van der Waals surface area contributed by atoms with Gasteiger partial charge in [0.15, 0.2) is 12.6 Å². The van der Waals surface area contributed by atoms with Gasteiger partial charge in [-0.15, -0.1) is 0 Å². The number of aromatic nitrogens is 1. The summed E-state index contributed by atoms with van der Waals surface area (Å²) in [5.74, 6) is 1.35. The standard InChI is InChI=1S/C14H19F3N4O/c1-18-13(20-7-10-2-3-10)21-8-11-4-5-19-12(6-11)22-9-14(15,16)17/h4-6,10H,2-3,7-9H2,1H3,(H2,18,20,21). The fourth-order valence-corrected chi connectivity index (χ4v) is 1.76. The summed E-state index contributed by atoms with van der Waals surface area (Å²) in [7, 11) is 1.67. The Morgan fingerprint density at radius 3 is 2.82 bits per heavy atom. The first-order valence-corrected chi connectivity index (χ1v) is 7.05. The molecule has 1 aromatic heterocycles. The van der Waals surface area contributed by atoms with Crippen LogP contribution in [0, 0.1) is 5.92 Å². The highest BCUT2D eigenvalue weighted by molar-refractivity contribution is 5.79. The summed E-state index contributed by atoms with van der Waals surface area (Å²) >= 11 is 0. The van der Waals surface area contributed by atoms with Crippen molar-refractivity contribution in [1.29, 1.82) is 0 Å². The Morgan fingerprint density at radius 2 is 2.18 bits per heavy atom. The SMILES string of the molecule is CN=C(NCc1ccnc(OCC(F)(F)F)c1)NCC1CC1. The van der Waals surface area contributed by atoms with Crippen LogP contribution in [0.5, 0.6) is 5.88 Å². The van der Waals surface area contributed by atoms with Crippen molar-refractivity contribution >= 4 is 5.96 Å². The summed E-state index contributed by atoms with van der Waals surface area (Å²) in [6, 6.07) is 3.19. The molecular weight excluding hydrogens is 297 g/mol. The predicted molar refractivity (Wildman–Crippen MR) is 76.7 cm³/mol. The summed E-state index contributed by atoms with van der Waals surface area (Å²) in [6.45, 7) is -0.0350.